The van der Waals surface area contributed by atoms with Crippen molar-refractivity contribution in [2.75, 3.05) is 11.5 Å². The Labute approximate surface area is 278 Å². The molecule has 2 radical (unpaired) electrons. The molecule has 0 saturated carbocycles. The van der Waals surface area contributed by atoms with Crippen molar-refractivity contribution in [1.29, 1.82) is 0 Å². The van der Waals surface area contributed by atoms with Gasteiger partial charge in [-0.05, 0) is 70.4 Å². The first kappa shape index (κ1) is 34.6. The molecule has 0 amide bonds. The minimum Gasteiger partial charge on any atom is -0.369 e. The molecule has 10 nitrogen and oxygen atoms in total. The third-order valence-electron chi connectivity index (χ3n) is 5.26. The molecule has 0 aliphatic rings. The number of nitrogens with zero attached hydrogens (tertiary/aromatic N) is 4. The van der Waals surface area contributed by atoms with Crippen molar-refractivity contribution in [1.82, 2.24) is 29.9 Å². The van der Waals surface area contributed by atoms with E-state index in [2.05, 4.69) is 63.6 Å². The number of benzene rings is 2. The van der Waals surface area contributed by atoms with E-state index in [-0.39, 0.29) is 60.1 Å². The van der Waals surface area contributed by atoms with Crippen molar-refractivity contribution in [2.24, 2.45) is 0 Å². The van der Waals surface area contributed by atoms with E-state index < -0.39 is 0 Å². The quantitative estimate of drug-likeness (QED) is 0.174. The van der Waals surface area contributed by atoms with Crippen LogP contribution in [-0.2, 0) is 37.1 Å². The number of fused-ring (bicyclic) bond motifs is 2. The number of halogens is 1. The van der Waals surface area contributed by atoms with E-state index in [1.807, 2.05) is 24.3 Å². The van der Waals surface area contributed by atoms with Crippen LogP contribution < -0.4 is 22.6 Å². The Balaban J connectivity index is 0.000000242. The van der Waals surface area contributed by atoms with Crippen LogP contribution in [0.3, 0.4) is 0 Å². The topological polar surface area (TPSA) is 169 Å². The molecule has 0 unspecified atom stereocenters. The molecule has 0 saturated heterocycles. The maximum Gasteiger partial charge on any atom is 0.261 e. The van der Waals surface area contributed by atoms with E-state index in [1.54, 1.807) is 60.9 Å². The average Bonchev–Trinajstić information content (AvgIpc) is 2.97. The van der Waals surface area contributed by atoms with Crippen LogP contribution >= 0.6 is 15.9 Å². The summed E-state index contributed by atoms with van der Waals surface area (Å²) in [5.74, 6) is 8.52. The fourth-order valence-electron chi connectivity index (χ4n) is 3.50. The van der Waals surface area contributed by atoms with Gasteiger partial charge >= 0.3 is 0 Å². The zero-order valence-electron chi connectivity index (χ0n) is 22.2. The van der Waals surface area contributed by atoms with E-state index >= 15 is 0 Å². The first-order valence-electron chi connectivity index (χ1n) is 11.9. The van der Waals surface area contributed by atoms with E-state index in [9.17, 15) is 9.59 Å². The fourth-order valence-corrected chi connectivity index (χ4v) is 4.03. The molecule has 0 atom stereocenters. The van der Waals surface area contributed by atoms with Gasteiger partial charge in [-0.15, -0.1) is 6.42 Å². The van der Waals surface area contributed by atoms with Crippen LogP contribution in [0, 0.1) is 24.2 Å². The second-order valence-electron chi connectivity index (χ2n) is 8.06. The Kier molecular flexibility index (Phi) is 13.5. The zero-order chi connectivity index (χ0) is 29.2. The number of aromatic amines is 2. The zero-order valence-corrected chi connectivity index (χ0v) is 26.6. The van der Waals surface area contributed by atoms with Gasteiger partial charge in [0.25, 0.3) is 11.1 Å². The van der Waals surface area contributed by atoms with Crippen molar-refractivity contribution in [3.63, 3.8) is 0 Å². The van der Waals surface area contributed by atoms with E-state index in [1.165, 1.54) is 0 Å². The summed E-state index contributed by atoms with van der Waals surface area (Å²) in [5.41, 5.74) is 13.4. The van der Waals surface area contributed by atoms with E-state index in [0.29, 0.717) is 38.8 Å². The second kappa shape index (κ2) is 16.7. The molecule has 2 aromatic carbocycles. The number of rotatable bonds is 0. The van der Waals surface area contributed by atoms with Gasteiger partial charge in [-0.25, -0.2) is 19.9 Å². The van der Waals surface area contributed by atoms with Crippen molar-refractivity contribution in [3.8, 4) is 24.2 Å². The Morgan fingerprint density at radius 1 is 0.674 bits per heavy atom. The molecule has 4 aromatic heterocycles. The Hall–Kier alpha value is -4.61. The molecule has 6 aromatic rings. The number of nitrogen functional groups attached to an aromatic ring is 2. The molecule has 0 aliphatic heterocycles. The molecule has 0 bridgehead atoms. The number of anilines is 2. The van der Waals surface area contributed by atoms with Crippen LogP contribution in [0.25, 0.3) is 21.8 Å². The Bertz CT molecular complexity index is 2050. The largest absolute Gasteiger partial charge is 0.369 e. The summed E-state index contributed by atoms with van der Waals surface area (Å²) in [4.78, 5) is 44.4. The number of H-pyrrole nitrogens is 2. The van der Waals surface area contributed by atoms with E-state index in [4.69, 9.17) is 17.9 Å². The maximum absolute atomic E-state index is 12.0. The van der Waals surface area contributed by atoms with Crippen LogP contribution in [-0.4, -0.2) is 29.9 Å². The maximum atomic E-state index is 12.0. The normalized spacial score (nSPS) is 9.30. The predicted octanol–water partition coefficient (Wildman–Crippen LogP) is 3.63. The fraction of sp³-hybridized carbons (Fsp3) is 0. The molecule has 0 fully saturated rings. The Morgan fingerprint density at radius 2 is 1.21 bits per heavy atom. The molecule has 4 heterocycles. The molecular formula is C30H21BrN8O2V2. The van der Waals surface area contributed by atoms with E-state index in [0.717, 1.165) is 4.47 Å². The summed E-state index contributed by atoms with van der Waals surface area (Å²) in [6.07, 6.45) is 8.38. The Morgan fingerprint density at radius 3 is 1.74 bits per heavy atom. The van der Waals surface area contributed by atoms with Gasteiger partial charge in [0.15, 0.2) is 0 Å². The average molecular weight is 707 g/mol. The summed E-state index contributed by atoms with van der Waals surface area (Å²) in [7, 11) is 0. The molecule has 210 valence electrons. The number of aromatic nitrogens is 6. The molecule has 0 spiro atoms. The minimum absolute atomic E-state index is 0. The van der Waals surface area contributed by atoms with Crippen molar-refractivity contribution >= 4 is 49.6 Å². The van der Waals surface area contributed by atoms with Crippen LogP contribution in [0.2, 0.25) is 0 Å². The first-order chi connectivity index (χ1) is 19.9. The molecule has 13 heteroatoms. The third-order valence-corrected chi connectivity index (χ3v) is 5.92. The number of hydrogen-bond acceptors (Lipinski definition) is 8. The van der Waals surface area contributed by atoms with Crippen molar-refractivity contribution in [3.05, 3.63) is 127 Å². The van der Waals surface area contributed by atoms with Gasteiger partial charge in [0, 0.05) is 59.5 Å². The van der Waals surface area contributed by atoms with Gasteiger partial charge in [0.2, 0.25) is 11.9 Å². The third kappa shape index (κ3) is 9.45. The van der Waals surface area contributed by atoms with Crippen LogP contribution in [0.4, 0.5) is 11.9 Å². The molecule has 6 rings (SSSR count). The summed E-state index contributed by atoms with van der Waals surface area (Å²) < 4.78 is 0.721. The number of terminal acetylenes is 1. The number of nitrogens with one attached hydrogen (secondary N) is 2. The van der Waals surface area contributed by atoms with Gasteiger partial charge in [-0.3, -0.25) is 19.6 Å². The predicted molar refractivity (Wildman–Crippen MR) is 164 cm³/mol. The molecule has 6 N–H and O–H groups in total. The van der Waals surface area contributed by atoms with Gasteiger partial charge in [-0.1, -0.05) is 36.1 Å². The monoisotopic (exact) mass is 706 g/mol. The summed E-state index contributed by atoms with van der Waals surface area (Å²) >= 11 is 3.27. The first-order valence-corrected chi connectivity index (χ1v) is 12.7. The van der Waals surface area contributed by atoms with Crippen molar-refractivity contribution < 1.29 is 37.1 Å². The van der Waals surface area contributed by atoms with Gasteiger partial charge in [0.05, 0.1) is 21.8 Å². The molecule has 43 heavy (non-hydrogen) atoms. The minimum atomic E-state index is -0.293. The van der Waals surface area contributed by atoms with Gasteiger partial charge in [0.1, 0.15) is 11.4 Å². The smallest absolute Gasteiger partial charge is 0.261 e. The van der Waals surface area contributed by atoms with Gasteiger partial charge in [-0.2, -0.15) is 0 Å². The van der Waals surface area contributed by atoms with Crippen LogP contribution in [0.15, 0.2) is 99.3 Å². The summed E-state index contributed by atoms with van der Waals surface area (Å²) in [6.45, 7) is 0. The SMILES string of the molecule is C#Cc1ccccn1.Nc1nc2cccc(Br)c2c(=O)[nH]1.Nc1nc2cccc(C#Cc3ccccn3)c2c(=O)[nH]1.[V].[V]. The number of hydrogen-bond donors (Lipinski definition) is 4. The van der Waals surface area contributed by atoms with Crippen LogP contribution in [0.1, 0.15) is 17.0 Å². The second-order valence-corrected chi connectivity index (χ2v) is 8.91. The number of nitrogens with two attached hydrogens (primary N) is 2. The standard InChI is InChI=1S/C15H10N4O.C8H6BrN3O.C7H5N.2V/c16-15-18-12-6-3-4-10(13(12)14(20)19-15)7-8-11-5-1-2-9-17-11;9-4-2-1-3-5-6(4)7(13)12-8(10)11-5;1-2-7-5-3-4-6-8-7;;/h1-6,9H,(H3,16,18,19,20);1-3H,(H3,10,11,12,13);1,3-6H;;. The summed E-state index contributed by atoms with van der Waals surface area (Å²) in [5, 5.41) is 0.960. The molecular weight excluding hydrogens is 686 g/mol. The summed E-state index contributed by atoms with van der Waals surface area (Å²) in [6, 6.07) is 21.6. The molecule has 0 aliphatic carbocycles. The number of pyridine rings is 2. The van der Waals surface area contributed by atoms with Gasteiger partial charge < -0.3 is 11.5 Å². The van der Waals surface area contributed by atoms with Crippen LogP contribution in [0.5, 0.6) is 0 Å². The van der Waals surface area contributed by atoms with Crippen molar-refractivity contribution in [2.45, 2.75) is 0 Å².